The van der Waals surface area contributed by atoms with Crippen LogP contribution in [0.4, 0.5) is 0 Å². The van der Waals surface area contributed by atoms with E-state index < -0.39 is 0 Å². The molecule has 1 fully saturated rings. The van der Waals surface area contributed by atoms with Crippen LogP contribution in [0.3, 0.4) is 0 Å². The molecule has 0 radical (unpaired) electrons. The van der Waals surface area contributed by atoms with E-state index in [1.807, 2.05) is 29.6 Å². The minimum atomic E-state index is -0.0355. The van der Waals surface area contributed by atoms with Gasteiger partial charge in [0.1, 0.15) is 0 Å². The summed E-state index contributed by atoms with van der Waals surface area (Å²) in [5.41, 5.74) is 2.30. The lowest BCUT2D eigenvalue weighted by atomic mass is 9.76. The second-order valence-corrected chi connectivity index (χ2v) is 8.44. The lowest BCUT2D eigenvalue weighted by Gasteiger charge is -2.36. The van der Waals surface area contributed by atoms with Crippen molar-refractivity contribution in [3.05, 3.63) is 23.3 Å². The fourth-order valence-electron chi connectivity index (χ4n) is 3.48. The monoisotopic (exact) mass is 335 g/mol. The van der Waals surface area contributed by atoms with Crippen molar-refractivity contribution in [2.24, 2.45) is 5.92 Å². The molecule has 1 aliphatic carbocycles. The lowest BCUT2D eigenvalue weighted by Crippen LogP contribution is -2.29. The number of benzene rings is 1. The number of ether oxygens (including phenoxy) is 2. The molecule has 1 aliphatic heterocycles. The van der Waals surface area contributed by atoms with Gasteiger partial charge in [0.15, 0.2) is 11.5 Å². The van der Waals surface area contributed by atoms with Crippen LogP contribution in [0.25, 0.3) is 0 Å². The van der Waals surface area contributed by atoms with Gasteiger partial charge in [-0.3, -0.25) is 0 Å². The van der Waals surface area contributed by atoms with Gasteiger partial charge >= 0.3 is 0 Å². The molecule has 1 saturated heterocycles. The van der Waals surface area contributed by atoms with Crippen molar-refractivity contribution in [2.45, 2.75) is 29.8 Å². The molecule has 2 aliphatic rings. The van der Waals surface area contributed by atoms with Gasteiger partial charge in [-0.2, -0.15) is 5.26 Å². The smallest absolute Gasteiger partial charge is 0.164 e. The first-order valence-electron chi connectivity index (χ1n) is 7.66. The standard InChI is InChI=1S/C17H21NO2S2/c1-19-15-7-6-11-12(16(15)20-2)4-5-13(14(11)10-18)17-21-8-3-9-22-17/h6-7,13-14,17H,3-5,8-9H2,1-2H3/t13-,14-/m0/s1. The van der Waals surface area contributed by atoms with Crippen LogP contribution in [-0.4, -0.2) is 30.3 Å². The van der Waals surface area contributed by atoms with Gasteiger partial charge in [-0.05, 0) is 42.4 Å². The Labute approximate surface area is 140 Å². The van der Waals surface area contributed by atoms with Crippen LogP contribution in [0.15, 0.2) is 12.1 Å². The van der Waals surface area contributed by atoms with Crippen LogP contribution < -0.4 is 9.47 Å². The van der Waals surface area contributed by atoms with Crippen molar-refractivity contribution in [1.29, 1.82) is 5.26 Å². The number of nitriles is 1. The summed E-state index contributed by atoms with van der Waals surface area (Å²) < 4.78 is 11.5. The summed E-state index contributed by atoms with van der Waals surface area (Å²) in [6, 6.07) is 6.57. The van der Waals surface area contributed by atoms with E-state index >= 15 is 0 Å². The summed E-state index contributed by atoms with van der Waals surface area (Å²) in [6.07, 6.45) is 3.31. The molecule has 118 valence electrons. The lowest BCUT2D eigenvalue weighted by molar-refractivity contribution is 0.344. The van der Waals surface area contributed by atoms with Crippen molar-refractivity contribution in [3.63, 3.8) is 0 Å². The van der Waals surface area contributed by atoms with Gasteiger partial charge in [-0.15, -0.1) is 23.5 Å². The van der Waals surface area contributed by atoms with Gasteiger partial charge in [0.05, 0.1) is 30.8 Å². The third-order valence-corrected chi connectivity index (χ3v) is 7.74. The van der Waals surface area contributed by atoms with E-state index in [9.17, 15) is 5.26 Å². The van der Waals surface area contributed by atoms with Crippen LogP contribution in [0.1, 0.15) is 29.9 Å². The second kappa shape index (κ2) is 7.06. The maximum Gasteiger partial charge on any atom is 0.164 e. The third kappa shape index (κ3) is 2.79. The van der Waals surface area contributed by atoms with E-state index in [0.717, 1.165) is 35.5 Å². The third-order valence-electron chi connectivity index (χ3n) is 4.52. The highest BCUT2D eigenvalue weighted by atomic mass is 32.2. The maximum atomic E-state index is 9.79. The zero-order valence-corrected chi connectivity index (χ0v) is 14.6. The first kappa shape index (κ1) is 15.9. The predicted octanol–water partition coefficient (Wildman–Crippen LogP) is 4.07. The Balaban J connectivity index is 1.96. The first-order valence-corrected chi connectivity index (χ1v) is 9.76. The summed E-state index contributed by atoms with van der Waals surface area (Å²) in [5, 5.41) is 9.79. The molecule has 1 aromatic carbocycles. The van der Waals surface area contributed by atoms with Gasteiger partial charge < -0.3 is 9.47 Å². The average Bonchev–Trinajstić information content (AvgIpc) is 2.60. The van der Waals surface area contributed by atoms with Crippen molar-refractivity contribution in [3.8, 4) is 17.6 Å². The highest BCUT2D eigenvalue weighted by Gasteiger charge is 2.38. The zero-order chi connectivity index (χ0) is 15.5. The Morgan fingerprint density at radius 2 is 1.95 bits per heavy atom. The van der Waals surface area contributed by atoms with Crippen molar-refractivity contribution >= 4 is 23.5 Å². The van der Waals surface area contributed by atoms with Gasteiger partial charge in [0.25, 0.3) is 0 Å². The van der Waals surface area contributed by atoms with Crippen molar-refractivity contribution < 1.29 is 9.47 Å². The molecular weight excluding hydrogens is 314 g/mol. The van der Waals surface area contributed by atoms with Crippen LogP contribution >= 0.6 is 23.5 Å². The summed E-state index contributed by atoms with van der Waals surface area (Å²) in [4.78, 5) is 0. The number of thioether (sulfide) groups is 2. The van der Waals surface area contributed by atoms with E-state index in [1.165, 1.54) is 17.9 Å². The Hall–Kier alpha value is -0.990. The summed E-state index contributed by atoms with van der Waals surface area (Å²) in [5.74, 6) is 4.42. The molecule has 1 aromatic rings. The zero-order valence-electron chi connectivity index (χ0n) is 13.0. The molecule has 0 amide bonds. The minimum Gasteiger partial charge on any atom is -0.493 e. The van der Waals surface area contributed by atoms with Crippen molar-refractivity contribution in [2.75, 3.05) is 25.7 Å². The number of hydrogen-bond acceptors (Lipinski definition) is 5. The maximum absolute atomic E-state index is 9.79. The molecule has 0 spiro atoms. The number of fused-ring (bicyclic) bond motifs is 1. The topological polar surface area (TPSA) is 42.2 Å². The quantitative estimate of drug-likeness (QED) is 0.833. The Morgan fingerprint density at radius 1 is 1.18 bits per heavy atom. The van der Waals surface area contributed by atoms with Crippen molar-refractivity contribution in [1.82, 2.24) is 0 Å². The molecule has 2 atom stereocenters. The summed E-state index contributed by atoms with van der Waals surface area (Å²) >= 11 is 4.07. The molecular formula is C17H21NO2S2. The van der Waals surface area contributed by atoms with Gasteiger partial charge in [-0.25, -0.2) is 0 Å². The fraction of sp³-hybridized carbons (Fsp3) is 0.588. The normalized spacial score (nSPS) is 25.1. The van der Waals surface area contributed by atoms with E-state index in [0.29, 0.717) is 10.5 Å². The highest BCUT2D eigenvalue weighted by molar-refractivity contribution is 8.17. The summed E-state index contributed by atoms with van der Waals surface area (Å²) in [7, 11) is 3.34. The molecule has 0 aromatic heterocycles. The SMILES string of the molecule is COc1ccc2c(c1OC)CC[C@H](C1SCCCS1)[C@H]2C#N. The molecule has 1 heterocycles. The fourth-order valence-corrected chi connectivity index (χ4v) is 6.79. The molecule has 0 saturated carbocycles. The van der Waals surface area contributed by atoms with Gasteiger partial charge in [-0.1, -0.05) is 6.07 Å². The predicted molar refractivity (Wildman–Crippen MR) is 93.0 cm³/mol. The first-order chi connectivity index (χ1) is 10.8. The van der Waals surface area contributed by atoms with E-state index in [1.54, 1.807) is 14.2 Å². The second-order valence-electron chi connectivity index (χ2n) is 5.64. The van der Waals surface area contributed by atoms with Gasteiger partial charge in [0, 0.05) is 11.5 Å². The van der Waals surface area contributed by atoms with Crippen LogP contribution in [0.2, 0.25) is 0 Å². The highest BCUT2D eigenvalue weighted by Crippen LogP contribution is 2.49. The molecule has 0 N–H and O–H groups in total. The number of rotatable bonds is 3. The molecule has 0 bridgehead atoms. The Bertz CT molecular complexity index is 579. The number of hydrogen-bond donors (Lipinski definition) is 0. The molecule has 0 unspecified atom stereocenters. The average molecular weight is 335 g/mol. The van der Waals surface area contributed by atoms with E-state index in [2.05, 4.69) is 12.1 Å². The van der Waals surface area contributed by atoms with E-state index in [-0.39, 0.29) is 5.92 Å². The molecule has 3 nitrogen and oxygen atoms in total. The Morgan fingerprint density at radius 3 is 2.59 bits per heavy atom. The molecule has 22 heavy (non-hydrogen) atoms. The Kier molecular flexibility index (Phi) is 5.10. The summed E-state index contributed by atoms with van der Waals surface area (Å²) in [6.45, 7) is 0. The van der Waals surface area contributed by atoms with E-state index in [4.69, 9.17) is 9.47 Å². The van der Waals surface area contributed by atoms with Crippen LogP contribution in [0, 0.1) is 17.2 Å². The molecule has 5 heteroatoms. The number of methoxy groups -OCH3 is 2. The molecule has 3 rings (SSSR count). The minimum absolute atomic E-state index is 0.0355. The van der Waals surface area contributed by atoms with Crippen LogP contribution in [0.5, 0.6) is 11.5 Å². The largest absolute Gasteiger partial charge is 0.493 e. The number of nitrogens with zero attached hydrogens (tertiary/aromatic N) is 1. The van der Waals surface area contributed by atoms with Crippen LogP contribution in [-0.2, 0) is 6.42 Å². The van der Waals surface area contributed by atoms with Gasteiger partial charge in [0.2, 0.25) is 0 Å².